The molecule has 0 fully saturated rings. The van der Waals surface area contributed by atoms with Gasteiger partial charge in [-0.25, -0.2) is 0 Å². The average Bonchev–Trinajstić information content (AvgIpc) is 2.89. The third kappa shape index (κ3) is 3.22. The molecule has 1 unspecified atom stereocenters. The first-order valence-electron chi connectivity index (χ1n) is 6.81. The maximum atomic E-state index is 6.46. The van der Waals surface area contributed by atoms with E-state index in [1.54, 1.807) is 20.4 Å². The van der Waals surface area contributed by atoms with Crippen molar-refractivity contribution >= 4 is 15.9 Å². The number of methoxy groups -OCH3 is 2. The number of benzene rings is 1. The van der Waals surface area contributed by atoms with Crippen molar-refractivity contribution in [1.29, 1.82) is 0 Å². The van der Waals surface area contributed by atoms with E-state index in [2.05, 4.69) is 28.0 Å². The van der Waals surface area contributed by atoms with E-state index in [-0.39, 0.29) is 6.04 Å². The smallest absolute Gasteiger partial charge is 0.161 e. The minimum atomic E-state index is -0.364. The molecule has 2 rings (SSSR count). The summed E-state index contributed by atoms with van der Waals surface area (Å²) in [5.41, 5.74) is 8.22. The van der Waals surface area contributed by atoms with Crippen molar-refractivity contribution in [3.8, 4) is 11.5 Å². The summed E-state index contributed by atoms with van der Waals surface area (Å²) in [5, 5.41) is 4.36. The molecule has 1 aromatic heterocycles. The van der Waals surface area contributed by atoms with Crippen LogP contribution in [0.3, 0.4) is 0 Å². The Balaban J connectivity index is 2.48. The summed E-state index contributed by atoms with van der Waals surface area (Å²) in [7, 11) is 3.26. The number of aryl methyl sites for hydroxylation is 1. The van der Waals surface area contributed by atoms with Gasteiger partial charge in [-0.2, -0.15) is 5.10 Å². The van der Waals surface area contributed by atoms with Crippen LogP contribution in [0.1, 0.15) is 30.6 Å². The lowest BCUT2D eigenvalue weighted by Crippen LogP contribution is -2.19. The van der Waals surface area contributed by atoms with E-state index in [4.69, 9.17) is 15.2 Å². The van der Waals surface area contributed by atoms with Gasteiger partial charge in [0.05, 0.1) is 26.5 Å². The summed E-state index contributed by atoms with van der Waals surface area (Å²) in [6.45, 7) is 2.90. The molecule has 1 heterocycles. The van der Waals surface area contributed by atoms with Crippen LogP contribution in [-0.4, -0.2) is 24.0 Å². The van der Waals surface area contributed by atoms with Gasteiger partial charge in [0, 0.05) is 16.6 Å². The first-order chi connectivity index (χ1) is 10.1. The molecule has 2 aromatic rings. The molecule has 0 bridgehead atoms. The molecule has 1 atom stereocenters. The van der Waals surface area contributed by atoms with Gasteiger partial charge in [-0.05, 0) is 18.6 Å². The fourth-order valence-corrected chi connectivity index (χ4v) is 2.67. The van der Waals surface area contributed by atoms with Crippen LogP contribution in [0.2, 0.25) is 0 Å². The molecule has 5 nitrogen and oxygen atoms in total. The highest BCUT2D eigenvalue weighted by Gasteiger charge is 2.22. The largest absolute Gasteiger partial charge is 0.496 e. The standard InChI is InChI=1S/C15H20BrN3O2/c1-4-7-19-15(13(21-3)9-18-19)14(17)11-6-5-10(16)8-12(11)20-2/h5-6,8-9,14H,4,7,17H2,1-3H3. The van der Waals surface area contributed by atoms with E-state index in [1.165, 1.54) is 0 Å². The summed E-state index contributed by atoms with van der Waals surface area (Å²) >= 11 is 3.44. The Morgan fingerprint density at radius 1 is 1.29 bits per heavy atom. The highest BCUT2D eigenvalue weighted by Crippen LogP contribution is 2.34. The van der Waals surface area contributed by atoms with Crippen molar-refractivity contribution in [3.05, 3.63) is 40.1 Å². The highest BCUT2D eigenvalue weighted by molar-refractivity contribution is 9.10. The fraction of sp³-hybridized carbons (Fsp3) is 0.400. The van der Waals surface area contributed by atoms with Crippen molar-refractivity contribution in [2.45, 2.75) is 25.9 Å². The number of rotatable bonds is 6. The molecule has 0 spiro atoms. The molecule has 6 heteroatoms. The predicted octanol–water partition coefficient (Wildman–Crippen LogP) is 3.12. The van der Waals surface area contributed by atoms with Gasteiger partial charge in [-0.1, -0.05) is 28.9 Å². The van der Waals surface area contributed by atoms with Crippen LogP contribution in [0.25, 0.3) is 0 Å². The second kappa shape index (κ2) is 6.95. The van der Waals surface area contributed by atoms with E-state index >= 15 is 0 Å². The zero-order chi connectivity index (χ0) is 15.4. The molecular formula is C15H20BrN3O2. The van der Waals surface area contributed by atoms with Crippen LogP contribution in [0.15, 0.2) is 28.9 Å². The van der Waals surface area contributed by atoms with E-state index in [0.29, 0.717) is 5.75 Å². The maximum absolute atomic E-state index is 6.46. The van der Waals surface area contributed by atoms with Crippen LogP contribution >= 0.6 is 15.9 Å². The van der Waals surface area contributed by atoms with Gasteiger partial charge in [-0.3, -0.25) is 4.68 Å². The lowest BCUT2D eigenvalue weighted by atomic mass is 10.0. The zero-order valence-corrected chi connectivity index (χ0v) is 14.1. The molecule has 2 N–H and O–H groups in total. The number of aromatic nitrogens is 2. The maximum Gasteiger partial charge on any atom is 0.161 e. The lowest BCUT2D eigenvalue weighted by molar-refractivity contribution is 0.396. The van der Waals surface area contributed by atoms with E-state index < -0.39 is 0 Å². The molecule has 114 valence electrons. The number of hydrogen-bond acceptors (Lipinski definition) is 4. The molecule has 0 radical (unpaired) electrons. The van der Waals surface area contributed by atoms with Crippen LogP contribution < -0.4 is 15.2 Å². The molecule has 1 aromatic carbocycles. The Labute approximate surface area is 133 Å². The van der Waals surface area contributed by atoms with Crippen molar-refractivity contribution in [2.75, 3.05) is 14.2 Å². The second-order valence-corrected chi connectivity index (χ2v) is 5.60. The van der Waals surface area contributed by atoms with Crippen molar-refractivity contribution < 1.29 is 9.47 Å². The third-order valence-corrected chi connectivity index (χ3v) is 3.82. The quantitative estimate of drug-likeness (QED) is 0.866. The summed E-state index contributed by atoms with van der Waals surface area (Å²) in [6, 6.07) is 5.44. The minimum absolute atomic E-state index is 0.364. The van der Waals surface area contributed by atoms with Crippen molar-refractivity contribution in [3.63, 3.8) is 0 Å². The molecular weight excluding hydrogens is 334 g/mol. The van der Waals surface area contributed by atoms with E-state index in [0.717, 1.165) is 34.4 Å². The van der Waals surface area contributed by atoms with Gasteiger partial charge in [0.15, 0.2) is 5.75 Å². The normalized spacial score (nSPS) is 12.2. The van der Waals surface area contributed by atoms with Gasteiger partial charge in [0.2, 0.25) is 0 Å². The van der Waals surface area contributed by atoms with Crippen molar-refractivity contribution in [2.24, 2.45) is 5.73 Å². The third-order valence-electron chi connectivity index (χ3n) is 3.33. The lowest BCUT2D eigenvalue weighted by Gasteiger charge is -2.18. The monoisotopic (exact) mass is 353 g/mol. The van der Waals surface area contributed by atoms with E-state index in [9.17, 15) is 0 Å². The van der Waals surface area contributed by atoms with Gasteiger partial charge < -0.3 is 15.2 Å². The minimum Gasteiger partial charge on any atom is -0.496 e. The van der Waals surface area contributed by atoms with Gasteiger partial charge in [0.1, 0.15) is 11.4 Å². The Bertz CT molecular complexity index is 613. The van der Waals surface area contributed by atoms with Gasteiger partial charge in [-0.15, -0.1) is 0 Å². The number of hydrogen-bond donors (Lipinski definition) is 1. The van der Waals surface area contributed by atoms with Crippen LogP contribution in [-0.2, 0) is 6.54 Å². The predicted molar refractivity (Wildman–Crippen MR) is 85.8 cm³/mol. The number of halogens is 1. The first-order valence-corrected chi connectivity index (χ1v) is 7.60. The van der Waals surface area contributed by atoms with Crippen LogP contribution in [0.4, 0.5) is 0 Å². The Morgan fingerprint density at radius 3 is 2.62 bits per heavy atom. The van der Waals surface area contributed by atoms with Crippen LogP contribution in [0, 0.1) is 0 Å². The molecule has 0 aliphatic carbocycles. The number of nitrogens with two attached hydrogens (primary N) is 1. The van der Waals surface area contributed by atoms with Crippen LogP contribution in [0.5, 0.6) is 11.5 Å². The van der Waals surface area contributed by atoms with Crippen molar-refractivity contribution in [1.82, 2.24) is 9.78 Å². The van der Waals surface area contributed by atoms with Gasteiger partial charge in [0.25, 0.3) is 0 Å². The Morgan fingerprint density at radius 2 is 2.00 bits per heavy atom. The Kier molecular flexibility index (Phi) is 5.25. The molecule has 0 aliphatic rings. The number of nitrogens with zero attached hydrogens (tertiary/aromatic N) is 2. The molecule has 0 aliphatic heterocycles. The highest BCUT2D eigenvalue weighted by atomic mass is 79.9. The van der Waals surface area contributed by atoms with Gasteiger partial charge >= 0.3 is 0 Å². The first kappa shape index (κ1) is 15.9. The second-order valence-electron chi connectivity index (χ2n) is 4.69. The average molecular weight is 354 g/mol. The summed E-state index contributed by atoms with van der Waals surface area (Å²) in [4.78, 5) is 0. The SMILES string of the molecule is CCCn1ncc(OC)c1C(N)c1ccc(Br)cc1OC. The molecule has 0 saturated carbocycles. The Hall–Kier alpha value is -1.53. The summed E-state index contributed by atoms with van der Waals surface area (Å²) in [5.74, 6) is 1.43. The molecule has 21 heavy (non-hydrogen) atoms. The zero-order valence-electron chi connectivity index (χ0n) is 12.5. The summed E-state index contributed by atoms with van der Waals surface area (Å²) < 4.78 is 13.7. The topological polar surface area (TPSA) is 62.3 Å². The fourth-order valence-electron chi connectivity index (χ4n) is 2.33. The van der Waals surface area contributed by atoms with E-state index in [1.807, 2.05) is 22.9 Å². The molecule has 0 saturated heterocycles. The molecule has 0 amide bonds. The summed E-state index contributed by atoms with van der Waals surface area (Å²) in [6.07, 6.45) is 2.68. The number of ether oxygens (including phenoxy) is 2.